The molecule has 2 rings (SSSR count). The van der Waals surface area contributed by atoms with E-state index in [9.17, 15) is 9.90 Å². The molecule has 0 amide bonds. The SMILES string of the molecule is CC(NCC1CCCC1)(C(=O)O)c1cccnc1. The van der Waals surface area contributed by atoms with Crippen molar-refractivity contribution < 1.29 is 9.90 Å². The molecule has 0 spiro atoms. The highest BCUT2D eigenvalue weighted by Crippen LogP contribution is 2.26. The van der Waals surface area contributed by atoms with Crippen molar-refractivity contribution in [2.45, 2.75) is 38.1 Å². The molecule has 1 saturated carbocycles. The number of aromatic nitrogens is 1. The Morgan fingerprint density at radius 3 is 2.83 bits per heavy atom. The van der Waals surface area contributed by atoms with Crippen molar-refractivity contribution in [1.82, 2.24) is 10.3 Å². The smallest absolute Gasteiger partial charge is 0.328 e. The van der Waals surface area contributed by atoms with Gasteiger partial charge in [0.1, 0.15) is 5.54 Å². The Bertz CT molecular complexity index is 402. The lowest BCUT2D eigenvalue weighted by Crippen LogP contribution is -2.48. The summed E-state index contributed by atoms with van der Waals surface area (Å²) in [6.45, 7) is 2.47. The normalized spacial score (nSPS) is 19.6. The fourth-order valence-electron chi connectivity index (χ4n) is 2.52. The molecule has 0 aromatic carbocycles. The average molecular weight is 248 g/mol. The summed E-state index contributed by atoms with van der Waals surface area (Å²) in [5.41, 5.74) is -0.341. The summed E-state index contributed by atoms with van der Waals surface area (Å²) in [6, 6.07) is 3.58. The van der Waals surface area contributed by atoms with Gasteiger partial charge in [-0.3, -0.25) is 10.3 Å². The molecule has 0 saturated heterocycles. The van der Waals surface area contributed by atoms with Crippen LogP contribution in [0.4, 0.5) is 0 Å². The Morgan fingerprint density at radius 1 is 1.56 bits per heavy atom. The Kier molecular flexibility index (Phi) is 3.97. The van der Waals surface area contributed by atoms with Gasteiger partial charge in [0.2, 0.25) is 0 Å². The van der Waals surface area contributed by atoms with Crippen molar-refractivity contribution in [3.63, 3.8) is 0 Å². The molecule has 0 bridgehead atoms. The molecule has 4 nitrogen and oxygen atoms in total. The number of carbonyl (C=O) groups is 1. The van der Waals surface area contributed by atoms with Crippen molar-refractivity contribution in [3.05, 3.63) is 30.1 Å². The van der Waals surface area contributed by atoms with Crippen LogP contribution < -0.4 is 5.32 Å². The monoisotopic (exact) mass is 248 g/mol. The molecule has 1 fully saturated rings. The van der Waals surface area contributed by atoms with Gasteiger partial charge in [-0.1, -0.05) is 18.9 Å². The third kappa shape index (κ3) is 2.70. The van der Waals surface area contributed by atoms with Crippen molar-refractivity contribution in [2.24, 2.45) is 5.92 Å². The molecule has 4 heteroatoms. The van der Waals surface area contributed by atoms with Gasteiger partial charge in [-0.25, -0.2) is 4.79 Å². The molecular formula is C14H20N2O2. The highest BCUT2D eigenvalue weighted by Gasteiger charge is 2.35. The van der Waals surface area contributed by atoms with Gasteiger partial charge in [-0.15, -0.1) is 0 Å². The minimum absolute atomic E-state index is 0.611. The molecule has 18 heavy (non-hydrogen) atoms. The second-order valence-corrected chi connectivity index (χ2v) is 5.20. The molecule has 1 aliphatic carbocycles. The summed E-state index contributed by atoms with van der Waals surface area (Å²) >= 11 is 0. The summed E-state index contributed by atoms with van der Waals surface area (Å²) < 4.78 is 0. The average Bonchev–Trinajstić information content (AvgIpc) is 2.90. The Balaban J connectivity index is 2.09. The molecule has 2 N–H and O–H groups in total. The summed E-state index contributed by atoms with van der Waals surface area (Å²) in [5, 5.41) is 12.7. The van der Waals surface area contributed by atoms with Gasteiger partial charge in [0.25, 0.3) is 0 Å². The van der Waals surface area contributed by atoms with Gasteiger partial charge in [0.15, 0.2) is 0 Å². The number of carboxylic acid groups (broad SMARTS) is 1. The van der Waals surface area contributed by atoms with Crippen molar-refractivity contribution in [1.29, 1.82) is 0 Å². The molecule has 1 aliphatic rings. The molecule has 0 radical (unpaired) electrons. The maximum absolute atomic E-state index is 11.5. The molecule has 1 aromatic heterocycles. The van der Waals surface area contributed by atoms with E-state index in [0.717, 1.165) is 6.54 Å². The Morgan fingerprint density at radius 2 is 2.28 bits per heavy atom. The number of hydrogen-bond donors (Lipinski definition) is 2. The second-order valence-electron chi connectivity index (χ2n) is 5.20. The van der Waals surface area contributed by atoms with Crippen LogP contribution in [0.25, 0.3) is 0 Å². The number of carboxylic acids is 1. The molecule has 98 valence electrons. The number of pyridine rings is 1. The third-order valence-corrected chi connectivity index (χ3v) is 3.89. The summed E-state index contributed by atoms with van der Waals surface area (Å²) in [6.07, 6.45) is 8.22. The van der Waals surface area contributed by atoms with Crippen LogP contribution in [0.3, 0.4) is 0 Å². The van der Waals surface area contributed by atoms with Gasteiger partial charge in [-0.05, 0) is 38.3 Å². The number of hydrogen-bond acceptors (Lipinski definition) is 3. The third-order valence-electron chi connectivity index (χ3n) is 3.89. The molecule has 1 unspecified atom stereocenters. The highest BCUT2D eigenvalue weighted by atomic mass is 16.4. The molecule has 1 atom stereocenters. The molecule has 1 heterocycles. The highest BCUT2D eigenvalue weighted by molar-refractivity contribution is 5.80. The lowest BCUT2D eigenvalue weighted by molar-refractivity contribution is -0.144. The molecular weight excluding hydrogens is 228 g/mol. The Labute approximate surface area is 107 Å². The van der Waals surface area contributed by atoms with E-state index >= 15 is 0 Å². The zero-order valence-corrected chi connectivity index (χ0v) is 10.7. The Hall–Kier alpha value is -1.42. The van der Waals surface area contributed by atoms with Crippen LogP contribution in [-0.2, 0) is 10.3 Å². The van der Waals surface area contributed by atoms with E-state index in [1.54, 1.807) is 25.4 Å². The molecule has 0 aliphatic heterocycles. The van der Waals surface area contributed by atoms with Gasteiger partial charge in [-0.2, -0.15) is 0 Å². The van der Waals surface area contributed by atoms with Crippen LogP contribution in [0.1, 0.15) is 38.2 Å². The zero-order chi connectivity index (χ0) is 13.0. The van der Waals surface area contributed by atoms with Gasteiger partial charge < -0.3 is 5.11 Å². The molecule has 1 aromatic rings. The zero-order valence-electron chi connectivity index (χ0n) is 10.7. The first-order chi connectivity index (χ1) is 8.63. The maximum Gasteiger partial charge on any atom is 0.328 e. The van der Waals surface area contributed by atoms with Crippen LogP contribution in [0.15, 0.2) is 24.5 Å². The maximum atomic E-state index is 11.5. The fraction of sp³-hybridized carbons (Fsp3) is 0.571. The first-order valence-corrected chi connectivity index (χ1v) is 6.52. The van der Waals surface area contributed by atoms with Crippen LogP contribution in [0, 0.1) is 5.92 Å². The standard InChI is InChI=1S/C14H20N2O2/c1-14(13(17)18,12-7-4-8-15-10-12)16-9-11-5-2-3-6-11/h4,7-8,10-11,16H,2-3,5-6,9H2,1H3,(H,17,18). The van der Waals surface area contributed by atoms with Gasteiger partial charge >= 0.3 is 5.97 Å². The van der Waals surface area contributed by atoms with Crippen LogP contribution in [-0.4, -0.2) is 22.6 Å². The quantitative estimate of drug-likeness (QED) is 0.838. The number of aliphatic carboxylic acids is 1. The minimum atomic E-state index is -1.04. The first-order valence-electron chi connectivity index (χ1n) is 6.52. The van der Waals surface area contributed by atoms with E-state index in [1.165, 1.54) is 25.7 Å². The lowest BCUT2D eigenvalue weighted by Gasteiger charge is -2.28. The van der Waals surface area contributed by atoms with Gasteiger partial charge in [0.05, 0.1) is 0 Å². The predicted octanol–water partition coefficient (Wildman–Crippen LogP) is 2.16. The number of nitrogens with zero attached hydrogens (tertiary/aromatic N) is 1. The van der Waals surface area contributed by atoms with Gasteiger partial charge in [0, 0.05) is 18.0 Å². The van der Waals surface area contributed by atoms with Crippen LogP contribution in [0.5, 0.6) is 0 Å². The topological polar surface area (TPSA) is 62.2 Å². The van der Waals surface area contributed by atoms with Crippen molar-refractivity contribution in [3.8, 4) is 0 Å². The largest absolute Gasteiger partial charge is 0.480 e. The number of rotatable bonds is 5. The first kappa shape index (κ1) is 13.0. The van der Waals surface area contributed by atoms with Crippen LogP contribution in [0.2, 0.25) is 0 Å². The van der Waals surface area contributed by atoms with E-state index in [2.05, 4.69) is 10.3 Å². The van der Waals surface area contributed by atoms with E-state index in [-0.39, 0.29) is 0 Å². The van der Waals surface area contributed by atoms with E-state index < -0.39 is 11.5 Å². The van der Waals surface area contributed by atoms with Crippen LogP contribution >= 0.6 is 0 Å². The second kappa shape index (κ2) is 5.48. The number of nitrogens with one attached hydrogen (secondary N) is 1. The van der Waals surface area contributed by atoms with Crippen molar-refractivity contribution >= 4 is 5.97 Å². The predicted molar refractivity (Wildman–Crippen MR) is 69.2 cm³/mol. The lowest BCUT2D eigenvalue weighted by atomic mass is 9.92. The van der Waals surface area contributed by atoms with E-state index in [4.69, 9.17) is 0 Å². The summed E-state index contributed by atoms with van der Waals surface area (Å²) in [5.74, 6) is -0.242. The summed E-state index contributed by atoms with van der Waals surface area (Å²) in [4.78, 5) is 15.5. The van der Waals surface area contributed by atoms with Crippen molar-refractivity contribution in [2.75, 3.05) is 6.54 Å². The fourth-order valence-corrected chi connectivity index (χ4v) is 2.52. The summed E-state index contributed by atoms with van der Waals surface area (Å²) in [7, 11) is 0. The van der Waals surface area contributed by atoms with E-state index in [1.807, 2.05) is 6.07 Å². The van der Waals surface area contributed by atoms with E-state index in [0.29, 0.717) is 11.5 Å². The minimum Gasteiger partial charge on any atom is -0.480 e.